The van der Waals surface area contributed by atoms with E-state index in [0.717, 1.165) is 37.4 Å². The molecule has 0 bridgehead atoms. The molecule has 12 heteroatoms. The summed E-state index contributed by atoms with van der Waals surface area (Å²) < 4.78 is 23.8. The van der Waals surface area contributed by atoms with E-state index in [1.165, 1.54) is 28.4 Å². The monoisotopic (exact) mass is 470 g/mol. The highest BCUT2D eigenvalue weighted by Crippen LogP contribution is 2.33. The predicted molar refractivity (Wildman–Crippen MR) is 117 cm³/mol. The molecule has 1 heterocycles. The highest BCUT2D eigenvalue weighted by molar-refractivity contribution is 8.01. The lowest BCUT2D eigenvalue weighted by atomic mass is 10.2. The van der Waals surface area contributed by atoms with Crippen LogP contribution in [0.15, 0.2) is 39.6 Å². The number of sulfonamides is 1. The molecule has 1 aliphatic rings. The lowest BCUT2D eigenvalue weighted by Gasteiger charge is -2.32. The molecule has 1 aliphatic carbocycles. The third kappa shape index (κ3) is 5.31. The highest BCUT2D eigenvalue weighted by Gasteiger charge is 2.31. The van der Waals surface area contributed by atoms with Crippen LogP contribution >= 0.6 is 23.1 Å². The molecule has 1 saturated carbocycles. The van der Waals surface area contributed by atoms with Crippen LogP contribution in [-0.2, 0) is 14.8 Å². The number of thiazole rings is 1. The van der Waals surface area contributed by atoms with Gasteiger partial charge < -0.3 is 5.11 Å². The Morgan fingerprint density at radius 3 is 2.47 bits per heavy atom. The number of nitrogens with zero attached hydrogens (tertiary/aromatic N) is 3. The van der Waals surface area contributed by atoms with Gasteiger partial charge in [0.2, 0.25) is 10.0 Å². The third-order valence-electron chi connectivity index (χ3n) is 4.72. The molecule has 2 amide bonds. The van der Waals surface area contributed by atoms with Crippen LogP contribution in [0.4, 0.5) is 15.6 Å². The van der Waals surface area contributed by atoms with E-state index >= 15 is 0 Å². The van der Waals surface area contributed by atoms with Gasteiger partial charge in [-0.15, -0.1) is 11.8 Å². The van der Waals surface area contributed by atoms with E-state index in [1.807, 2.05) is 0 Å². The van der Waals surface area contributed by atoms with Crippen molar-refractivity contribution in [2.24, 2.45) is 5.14 Å². The number of thioether (sulfide) groups is 1. The topological polar surface area (TPSA) is 134 Å². The second kappa shape index (κ2) is 9.33. The van der Waals surface area contributed by atoms with Crippen molar-refractivity contribution in [3.8, 4) is 0 Å². The summed E-state index contributed by atoms with van der Waals surface area (Å²) in [7, 11) is -2.20. The van der Waals surface area contributed by atoms with Crippen molar-refractivity contribution in [1.29, 1.82) is 0 Å². The average Bonchev–Trinajstić information content (AvgIpc) is 3.38. The maximum Gasteiger partial charge on any atom is 0.330 e. The van der Waals surface area contributed by atoms with E-state index in [9.17, 15) is 18.0 Å². The third-order valence-corrected chi connectivity index (χ3v) is 7.91. The number of carboxylic acid groups (broad SMARTS) is 1. The number of aliphatic carboxylic acids is 1. The molecule has 0 atom stereocenters. The minimum Gasteiger partial charge on any atom is -0.481 e. The number of urea groups is 1. The van der Waals surface area contributed by atoms with Crippen LogP contribution in [0.2, 0.25) is 0 Å². The summed E-state index contributed by atoms with van der Waals surface area (Å²) in [6, 6.07) is 5.67. The summed E-state index contributed by atoms with van der Waals surface area (Å²) >= 11 is 2.39. The first-order valence-electron chi connectivity index (χ1n) is 9.17. The zero-order valence-electron chi connectivity index (χ0n) is 16.2. The summed E-state index contributed by atoms with van der Waals surface area (Å²) in [5.41, 5.74) is 0.586. The van der Waals surface area contributed by atoms with E-state index < -0.39 is 16.0 Å². The van der Waals surface area contributed by atoms with Gasteiger partial charge in [0, 0.05) is 18.8 Å². The molecule has 3 N–H and O–H groups in total. The molecule has 2 aromatic rings. The number of hydrogen-bond acceptors (Lipinski definition) is 7. The van der Waals surface area contributed by atoms with Crippen molar-refractivity contribution in [1.82, 2.24) is 4.98 Å². The van der Waals surface area contributed by atoms with Crippen molar-refractivity contribution in [2.45, 2.75) is 40.8 Å². The van der Waals surface area contributed by atoms with Crippen LogP contribution in [0.3, 0.4) is 0 Å². The second-order valence-corrected chi connectivity index (χ2v) is 10.7. The SMILES string of the molecule is CN(C(=O)N(c1ccc(S(N)(=O)=O)cc1)C1CCCC1)c1ncc(SCC(=O)O)s1. The molecule has 0 aliphatic heterocycles. The van der Waals surface area contributed by atoms with E-state index in [2.05, 4.69) is 4.98 Å². The summed E-state index contributed by atoms with van der Waals surface area (Å²) in [4.78, 5) is 31.5. The van der Waals surface area contributed by atoms with Crippen molar-refractivity contribution < 1.29 is 23.1 Å². The fourth-order valence-electron chi connectivity index (χ4n) is 3.29. The van der Waals surface area contributed by atoms with Gasteiger partial charge in [0.25, 0.3) is 0 Å². The van der Waals surface area contributed by atoms with Gasteiger partial charge in [-0.05, 0) is 37.1 Å². The van der Waals surface area contributed by atoms with E-state index in [0.29, 0.717) is 15.0 Å². The Bertz CT molecular complexity index is 1020. The van der Waals surface area contributed by atoms with Crippen molar-refractivity contribution in [3.63, 3.8) is 0 Å². The largest absolute Gasteiger partial charge is 0.481 e. The number of carboxylic acids is 1. The molecule has 30 heavy (non-hydrogen) atoms. The lowest BCUT2D eigenvalue weighted by Crippen LogP contribution is -2.46. The van der Waals surface area contributed by atoms with Crippen LogP contribution in [0.5, 0.6) is 0 Å². The molecule has 1 fully saturated rings. The molecule has 9 nitrogen and oxygen atoms in total. The van der Waals surface area contributed by atoms with Crippen LogP contribution in [0, 0.1) is 0 Å². The molecule has 1 aromatic carbocycles. The van der Waals surface area contributed by atoms with Crippen LogP contribution < -0.4 is 14.9 Å². The Kier molecular flexibility index (Phi) is 7.01. The first-order valence-corrected chi connectivity index (χ1v) is 12.5. The summed E-state index contributed by atoms with van der Waals surface area (Å²) in [6.45, 7) is 0. The maximum absolute atomic E-state index is 13.4. The number of nitrogens with two attached hydrogens (primary N) is 1. The number of anilines is 2. The van der Waals surface area contributed by atoms with Crippen molar-refractivity contribution in [2.75, 3.05) is 22.6 Å². The molecule has 3 rings (SSSR count). The van der Waals surface area contributed by atoms with Crippen LogP contribution in [0.1, 0.15) is 25.7 Å². The number of benzene rings is 1. The Morgan fingerprint density at radius 1 is 1.27 bits per heavy atom. The smallest absolute Gasteiger partial charge is 0.330 e. The van der Waals surface area contributed by atoms with E-state index in [-0.39, 0.29) is 22.7 Å². The fraction of sp³-hybridized carbons (Fsp3) is 0.389. The number of amides is 2. The van der Waals surface area contributed by atoms with Gasteiger partial charge in [0.1, 0.15) is 0 Å². The van der Waals surface area contributed by atoms with Gasteiger partial charge in [-0.1, -0.05) is 24.2 Å². The Hall–Kier alpha value is -2.15. The minimum atomic E-state index is -3.82. The number of hydrogen-bond donors (Lipinski definition) is 2. The van der Waals surface area contributed by atoms with E-state index in [4.69, 9.17) is 10.2 Å². The van der Waals surface area contributed by atoms with Gasteiger partial charge in [-0.25, -0.2) is 23.3 Å². The first-order chi connectivity index (χ1) is 14.2. The molecular formula is C18H22N4O5S3. The zero-order chi connectivity index (χ0) is 21.9. The Labute approximate surface area is 182 Å². The average molecular weight is 471 g/mol. The Morgan fingerprint density at radius 2 is 1.90 bits per heavy atom. The van der Waals surface area contributed by atoms with Crippen molar-refractivity contribution in [3.05, 3.63) is 30.5 Å². The molecule has 0 unspecified atom stereocenters. The molecule has 0 spiro atoms. The molecule has 0 saturated heterocycles. The number of rotatable bonds is 7. The van der Waals surface area contributed by atoms with Crippen LogP contribution in [0.25, 0.3) is 0 Å². The van der Waals surface area contributed by atoms with Gasteiger partial charge in [-0.3, -0.25) is 14.6 Å². The van der Waals surface area contributed by atoms with Gasteiger partial charge in [0.05, 0.1) is 21.1 Å². The molecule has 1 aromatic heterocycles. The number of carbonyl (C=O) groups excluding carboxylic acids is 1. The normalized spacial score (nSPS) is 14.6. The quantitative estimate of drug-likeness (QED) is 0.594. The summed E-state index contributed by atoms with van der Waals surface area (Å²) in [5.74, 6) is -1.00. The molecule has 0 radical (unpaired) electrons. The van der Waals surface area contributed by atoms with Gasteiger partial charge in [0.15, 0.2) is 5.13 Å². The number of carbonyl (C=O) groups is 2. The molecular weight excluding hydrogens is 448 g/mol. The summed E-state index contributed by atoms with van der Waals surface area (Å²) in [5, 5.41) is 14.4. The first kappa shape index (κ1) is 22.5. The summed E-state index contributed by atoms with van der Waals surface area (Å²) in [6.07, 6.45) is 5.29. The predicted octanol–water partition coefficient (Wildman–Crippen LogP) is 2.97. The zero-order valence-corrected chi connectivity index (χ0v) is 18.7. The standard InChI is InChI=1S/C18H22N4O5S3/c1-21(17-20-10-16(29-17)28-11-15(23)24)18(25)22(12-4-2-3-5-12)13-6-8-14(9-7-13)30(19,26)27/h6-10,12H,2-5,11H2,1H3,(H,23,24)(H2,19,26,27). The van der Waals surface area contributed by atoms with Crippen LogP contribution in [-0.4, -0.2) is 49.4 Å². The van der Waals surface area contributed by atoms with Gasteiger partial charge in [-0.2, -0.15) is 0 Å². The molecule has 162 valence electrons. The van der Waals surface area contributed by atoms with Crippen molar-refractivity contribution >= 4 is 55.9 Å². The highest BCUT2D eigenvalue weighted by atomic mass is 32.2. The Balaban J connectivity index is 1.85. The number of primary sulfonamides is 1. The van der Waals surface area contributed by atoms with Gasteiger partial charge >= 0.3 is 12.0 Å². The fourth-order valence-corrected chi connectivity index (χ4v) is 5.44. The second-order valence-electron chi connectivity index (χ2n) is 6.83. The lowest BCUT2D eigenvalue weighted by molar-refractivity contribution is -0.133. The number of aromatic nitrogens is 1. The minimum absolute atomic E-state index is 0.00102. The maximum atomic E-state index is 13.4. The van der Waals surface area contributed by atoms with E-state index in [1.54, 1.807) is 30.3 Å².